The fraction of sp³-hybridized carbons (Fsp3) is 0.243. The zero-order chi connectivity index (χ0) is 27.7. The molecular formula is C37H43N. The molecule has 0 saturated carbocycles. The van der Waals surface area contributed by atoms with Gasteiger partial charge in [-0.3, -0.25) is 0 Å². The average Bonchev–Trinajstić information content (AvgIpc) is 3.17. The lowest BCUT2D eigenvalue weighted by atomic mass is 9.77. The molecule has 1 heterocycles. The minimum atomic E-state index is -0.137. The summed E-state index contributed by atoms with van der Waals surface area (Å²) >= 11 is 0. The molecule has 0 saturated heterocycles. The van der Waals surface area contributed by atoms with Gasteiger partial charge in [0.2, 0.25) is 0 Å². The van der Waals surface area contributed by atoms with Gasteiger partial charge in [-0.25, -0.2) is 0 Å². The first-order chi connectivity index (χ1) is 18.4. The van der Waals surface area contributed by atoms with Gasteiger partial charge in [0.05, 0.1) is 0 Å². The predicted molar refractivity (Wildman–Crippen MR) is 169 cm³/mol. The van der Waals surface area contributed by atoms with Crippen molar-refractivity contribution in [3.05, 3.63) is 150 Å². The number of anilines is 1. The highest BCUT2D eigenvalue weighted by atomic mass is 15.1. The van der Waals surface area contributed by atoms with Gasteiger partial charge in [-0.1, -0.05) is 126 Å². The monoisotopic (exact) mass is 501 g/mol. The van der Waals surface area contributed by atoms with E-state index in [9.17, 15) is 0 Å². The third-order valence-electron chi connectivity index (χ3n) is 7.05. The van der Waals surface area contributed by atoms with Crippen LogP contribution in [0.25, 0.3) is 11.1 Å². The fourth-order valence-corrected chi connectivity index (χ4v) is 5.33. The second-order valence-corrected chi connectivity index (χ2v) is 9.97. The van der Waals surface area contributed by atoms with E-state index < -0.39 is 0 Å². The molecule has 0 radical (unpaired) electrons. The summed E-state index contributed by atoms with van der Waals surface area (Å²) in [6.45, 7) is 23.8. The van der Waals surface area contributed by atoms with Crippen molar-refractivity contribution < 1.29 is 0 Å². The van der Waals surface area contributed by atoms with Gasteiger partial charge in [-0.2, -0.15) is 0 Å². The van der Waals surface area contributed by atoms with Crippen LogP contribution in [0.3, 0.4) is 0 Å². The van der Waals surface area contributed by atoms with Crippen LogP contribution in [0.15, 0.2) is 128 Å². The van der Waals surface area contributed by atoms with Crippen LogP contribution in [-0.2, 0) is 12.0 Å². The lowest BCUT2D eigenvalue weighted by Gasteiger charge is -2.30. The summed E-state index contributed by atoms with van der Waals surface area (Å²) in [5, 5.41) is 0. The van der Waals surface area contributed by atoms with Gasteiger partial charge in [-0.05, 0) is 64.8 Å². The maximum absolute atomic E-state index is 4.57. The SMILES string of the molecule is C=C1CC/C=C\N(Cc2ccccc2)c2ccccc2C2=C(C1=C)c1ccccc1C2(C)C.C=CC.CC. The van der Waals surface area contributed by atoms with E-state index in [0.29, 0.717) is 0 Å². The number of para-hydroxylation sites is 1. The van der Waals surface area contributed by atoms with Crippen LogP contribution in [0.2, 0.25) is 0 Å². The van der Waals surface area contributed by atoms with Gasteiger partial charge in [-0.15, -0.1) is 6.58 Å². The summed E-state index contributed by atoms with van der Waals surface area (Å²) in [5.74, 6) is 0. The fourth-order valence-electron chi connectivity index (χ4n) is 5.33. The highest BCUT2D eigenvalue weighted by molar-refractivity contribution is 6.10. The van der Waals surface area contributed by atoms with Crippen molar-refractivity contribution >= 4 is 16.8 Å². The third-order valence-corrected chi connectivity index (χ3v) is 7.05. The molecule has 0 bridgehead atoms. The summed E-state index contributed by atoms with van der Waals surface area (Å²) in [5.41, 5.74) is 11.1. The van der Waals surface area contributed by atoms with E-state index in [-0.39, 0.29) is 5.41 Å². The first-order valence-electron chi connectivity index (χ1n) is 13.8. The molecule has 3 aromatic rings. The van der Waals surface area contributed by atoms with E-state index >= 15 is 0 Å². The highest BCUT2D eigenvalue weighted by Gasteiger charge is 2.40. The summed E-state index contributed by atoms with van der Waals surface area (Å²) in [4.78, 5) is 2.39. The molecule has 1 aliphatic heterocycles. The molecule has 2 aliphatic rings. The van der Waals surface area contributed by atoms with E-state index in [2.05, 4.69) is 130 Å². The molecule has 0 aromatic heterocycles. The van der Waals surface area contributed by atoms with Crippen LogP contribution >= 0.6 is 0 Å². The standard InChI is InChI=1S/C32H31N.C3H6.C2H6/c1-23-14-12-13-21-33(22-25-15-6-5-7-16-25)29-20-11-9-18-27(29)31-30(24(23)2)26-17-8-10-19-28(26)32(31,3)4;1-3-2;1-2/h5-11,13,15-21H,1-2,12,14,22H2,3-4H3;3H,1H2,2H3;1-2H3/b21-13-;;. The first kappa shape index (κ1) is 28.7. The van der Waals surface area contributed by atoms with Crippen LogP contribution < -0.4 is 4.90 Å². The van der Waals surface area contributed by atoms with E-state index in [1.807, 2.05) is 20.8 Å². The molecule has 1 heteroatoms. The molecule has 0 spiro atoms. The van der Waals surface area contributed by atoms with E-state index in [1.54, 1.807) is 6.08 Å². The number of hydrogen-bond donors (Lipinski definition) is 0. The Morgan fingerprint density at radius 1 is 0.842 bits per heavy atom. The zero-order valence-electron chi connectivity index (χ0n) is 23.9. The predicted octanol–water partition coefficient (Wildman–Crippen LogP) is 10.5. The zero-order valence-corrected chi connectivity index (χ0v) is 23.9. The summed E-state index contributed by atoms with van der Waals surface area (Å²) in [6.07, 6.45) is 8.12. The van der Waals surface area contributed by atoms with Crippen molar-refractivity contribution in [2.24, 2.45) is 0 Å². The minimum absolute atomic E-state index is 0.137. The Bertz CT molecular complexity index is 1330. The number of hydrogen-bond acceptors (Lipinski definition) is 1. The molecule has 196 valence electrons. The molecule has 0 unspecified atom stereocenters. The Morgan fingerprint density at radius 3 is 2.11 bits per heavy atom. The Labute approximate surface area is 231 Å². The first-order valence-corrected chi connectivity index (χ1v) is 13.8. The Morgan fingerprint density at radius 2 is 1.42 bits per heavy atom. The summed E-state index contributed by atoms with van der Waals surface area (Å²) in [7, 11) is 0. The van der Waals surface area contributed by atoms with Gasteiger partial charge < -0.3 is 4.90 Å². The van der Waals surface area contributed by atoms with Crippen LogP contribution in [0, 0.1) is 0 Å². The molecule has 3 aromatic carbocycles. The van der Waals surface area contributed by atoms with Crippen molar-refractivity contribution in [1.82, 2.24) is 0 Å². The largest absolute Gasteiger partial charge is 0.343 e. The smallest absolute Gasteiger partial charge is 0.0486 e. The Balaban J connectivity index is 0.000000748. The maximum atomic E-state index is 4.57. The second-order valence-electron chi connectivity index (χ2n) is 9.97. The molecule has 0 N–H and O–H groups in total. The van der Waals surface area contributed by atoms with Crippen molar-refractivity contribution in [3.8, 4) is 0 Å². The normalized spacial score (nSPS) is 16.4. The van der Waals surface area contributed by atoms with Crippen LogP contribution in [-0.4, -0.2) is 0 Å². The number of nitrogens with zero attached hydrogens (tertiary/aromatic N) is 1. The van der Waals surface area contributed by atoms with Gasteiger partial charge >= 0.3 is 0 Å². The van der Waals surface area contributed by atoms with Crippen molar-refractivity contribution in [2.45, 2.75) is 59.4 Å². The topological polar surface area (TPSA) is 3.24 Å². The molecule has 1 aliphatic carbocycles. The lowest BCUT2D eigenvalue weighted by Crippen LogP contribution is -2.21. The van der Waals surface area contributed by atoms with E-state index in [0.717, 1.165) is 30.5 Å². The maximum Gasteiger partial charge on any atom is 0.0486 e. The number of rotatable bonds is 2. The third kappa shape index (κ3) is 5.83. The molecule has 0 amide bonds. The average molecular weight is 502 g/mol. The molecule has 0 fully saturated rings. The van der Waals surface area contributed by atoms with Gasteiger partial charge in [0.15, 0.2) is 0 Å². The summed E-state index contributed by atoms with van der Waals surface area (Å²) < 4.78 is 0. The van der Waals surface area contributed by atoms with Crippen LogP contribution in [0.4, 0.5) is 5.69 Å². The lowest BCUT2D eigenvalue weighted by molar-refractivity contribution is 0.703. The minimum Gasteiger partial charge on any atom is -0.343 e. The van der Waals surface area contributed by atoms with Gasteiger partial charge in [0, 0.05) is 29.4 Å². The van der Waals surface area contributed by atoms with E-state index in [4.69, 9.17) is 0 Å². The van der Waals surface area contributed by atoms with Gasteiger partial charge in [0.1, 0.15) is 0 Å². The van der Waals surface area contributed by atoms with Crippen LogP contribution in [0.5, 0.6) is 0 Å². The number of benzene rings is 3. The number of allylic oxidation sites excluding steroid dienone is 6. The molecule has 5 rings (SSSR count). The molecule has 0 atom stereocenters. The van der Waals surface area contributed by atoms with Gasteiger partial charge in [0.25, 0.3) is 0 Å². The van der Waals surface area contributed by atoms with Crippen molar-refractivity contribution in [2.75, 3.05) is 4.90 Å². The second kappa shape index (κ2) is 13.1. The summed E-state index contributed by atoms with van der Waals surface area (Å²) in [6, 6.07) is 28.3. The highest BCUT2D eigenvalue weighted by Crippen LogP contribution is 2.55. The Kier molecular flexibility index (Phi) is 9.91. The van der Waals surface area contributed by atoms with Crippen molar-refractivity contribution in [1.29, 1.82) is 0 Å². The molecular weight excluding hydrogens is 458 g/mol. The molecule has 38 heavy (non-hydrogen) atoms. The molecule has 1 nitrogen and oxygen atoms in total. The quantitative estimate of drug-likeness (QED) is 0.316. The van der Waals surface area contributed by atoms with Crippen molar-refractivity contribution in [3.63, 3.8) is 0 Å². The van der Waals surface area contributed by atoms with Crippen LogP contribution in [0.1, 0.15) is 69.7 Å². The Hall–Kier alpha value is -3.84. The number of fused-ring (bicyclic) bond motifs is 4. The van der Waals surface area contributed by atoms with E-state index in [1.165, 1.54) is 39.1 Å².